The number of hydrazone groups is 1. The van der Waals surface area contributed by atoms with Gasteiger partial charge in [0.15, 0.2) is 0 Å². The molecule has 2 N–H and O–H groups in total. The summed E-state index contributed by atoms with van der Waals surface area (Å²) in [7, 11) is 2.89. The third kappa shape index (κ3) is 5.30. The van der Waals surface area contributed by atoms with Crippen molar-refractivity contribution in [1.29, 1.82) is 0 Å². The summed E-state index contributed by atoms with van der Waals surface area (Å²) < 4.78 is 10.2. The predicted molar refractivity (Wildman–Crippen MR) is 94.7 cm³/mol. The van der Waals surface area contributed by atoms with E-state index in [-0.39, 0.29) is 11.3 Å². The van der Waals surface area contributed by atoms with Crippen LogP contribution in [0.2, 0.25) is 0 Å². The van der Waals surface area contributed by atoms with Crippen LogP contribution in [0.25, 0.3) is 0 Å². The Bertz CT molecular complexity index is 877. The number of aromatic carboxylic acids is 1. The number of carbonyl (C=O) groups is 3. The van der Waals surface area contributed by atoms with Gasteiger partial charge in [0.25, 0.3) is 0 Å². The SMILES string of the molecule is COc1ccc(OC)c(NC(=O)C(=O)N/N=C\c2ccc(C(=O)[O-])cc2)c1. The van der Waals surface area contributed by atoms with E-state index in [1.54, 1.807) is 12.1 Å². The molecule has 0 saturated carbocycles. The lowest BCUT2D eigenvalue weighted by Crippen LogP contribution is -2.32. The van der Waals surface area contributed by atoms with Gasteiger partial charge in [-0.3, -0.25) is 9.59 Å². The topological polar surface area (TPSA) is 129 Å². The average molecular weight is 370 g/mol. The standard InChI is InChI=1S/C18H17N3O6/c1-26-13-7-8-15(27-2)14(9-13)20-16(22)17(23)21-19-10-11-3-5-12(6-4-11)18(24)25/h3-10H,1-2H3,(H,20,22)(H,21,23)(H,24,25)/p-1/b19-10-. The van der Waals surface area contributed by atoms with Crippen LogP contribution in [0.4, 0.5) is 5.69 Å². The molecule has 0 bridgehead atoms. The van der Waals surface area contributed by atoms with Crippen LogP contribution in [-0.4, -0.2) is 38.2 Å². The van der Waals surface area contributed by atoms with Crippen LogP contribution < -0.4 is 25.3 Å². The fourth-order valence-corrected chi connectivity index (χ4v) is 2.01. The summed E-state index contributed by atoms with van der Waals surface area (Å²) in [5, 5.41) is 16.7. The van der Waals surface area contributed by atoms with Gasteiger partial charge in [-0.05, 0) is 23.3 Å². The number of rotatable bonds is 6. The van der Waals surface area contributed by atoms with E-state index in [1.165, 1.54) is 50.8 Å². The number of ether oxygens (including phenoxy) is 2. The molecule has 0 unspecified atom stereocenters. The van der Waals surface area contributed by atoms with Crippen molar-refractivity contribution in [3.63, 3.8) is 0 Å². The molecule has 0 spiro atoms. The van der Waals surface area contributed by atoms with E-state index in [2.05, 4.69) is 15.8 Å². The van der Waals surface area contributed by atoms with Crippen LogP contribution in [0, 0.1) is 0 Å². The molecular formula is C18H16N3O6-. The summed E-state index contributed by atoms with van der Waals surface area (Å²) in [5.41, 5.74) is 2.87. The van der Waals surface area contributed by atoms with Crippen LogP contribution in [-0.2, 0) is 9.59 Å². The second-order valence-corrected chi connectivity index (χ2v) is 5.13. The number of methoxy groups -OCH3 is 2. The smallest absolute Gasteiger partial charge is 0.329 e. The number of nitrogens with zero attached hydrogens (tertiary/aromatic N) is 1. The molecule has 2 amide bonds. The Labute approximate surface area is 154 Å². The molecule has 2 aromatic carbocycles. The van der Waals surface area contributed by atoms with Crippen molar-refractivity contribution in [2.75, 3.05) is 19.5 Å². The highest BCUT2D eigenvalue weighted by Gasteiger charge is 2.16. The Morgan fingerprint density at radius 2 is 1.70 bits per heavy atom. The number of carboxylic acid groups (broad SMARTS) is 1. The first-order chi connectivity index (χ1) is 12.9. The number of hydrogen-bond donors (Lipinski definition) is 2. The predicted octanol–water partition coefficient (Wildman–Crippen LogP) is 0.156. The van der Waals surface area contributed by atoms with E-state index in [0.717, 1.165) is 0 Å². The third-order valence-corrected chi connectivity index (χ3v) is 3.39. The highest BCUT2D eigenvalue weighted by atomic mass is 16.5. The van der Waals surface area contributed by atoms with Gasteiger partial charge in [0.1, 0.15) is 11.5 Å². The Morgan fingerprint density at radius 3 is 2.30 bits per heavy atom. The molecule has 9 nitrogen and oxygen atoms in total. The zero-order chi connectivity index (χ0) is 19.8. The van der Waals surface area contributed by atoms with E-state index >= 15 is 0 Å². The van der Waals surface area contributed by atoms with Gasteiger partial charge in [0.05, 0.1) is 32.1 Å². The Hall–Kier alpha value is -3.88. The minimum atomic E-state index is -1.29. The van der Waals surface area contributed by atoms with E-state index in [1.807, 2.05) is 0 Å². The molecule has 0 aliphatic heterocycles. The molecule has 0 saturated heterocycles. The van der Waals surface area contributed by atoms with Gasteiger partial charge in [0.2, 0.25) is 0 Å². The lowest BCUT2D eigenvalue weighted by atomic mass is 10.1. The second kappa shape index (κ2) is 8.99. The summed E-state index contributed by atoms with van der Waals surface area (Å²) in [5.74, 6) is -2.41. The molecule has 0 atom stereocenters. The molecule has 0 aromatic heterocycles. The van der Waals surface area contributed by atoms with E-state index < -0.39 is 17.8 Å². The molecule has 0 aliphatic rings. The van der Waals surface area contributed by atoms with Crippen molar-refractivity contribution in [2.24, 2.45) is 5.10 Å². The Morgan fingerprint density at radius 1 is 1.00 bits per heavy atom. The second-order valence-electron chi connectivity index (χ2n) is 5.13. The summed E-state index contributed by atoms with van der Waals surface area (Å²) in [4.78, 5) is 34.5. The Kier molecular flexibility index (Phi) is 6.48. The number of carbonyl (C=O) groups excluding carboxylic acids is 3. The quantitative estimate of drug-likeness (QED) is 0.423. The third-order valence-electron chi connectivity index (χ3n) is 3.39. The number of benzene rings is 2. The molecule has 0 fully saturated rings. The lowest BCUT2D eigenvalue weighted by molar-refractivity contribution is -0.255. The Balaban J connectivity index is 1.97. The maximum absolute atomic E-state index is 12.0. The fourth-order valence-electron chi connectivity index (χ4n) is 2.01. The van der Waals surface area contributed by atoms with E-state index in [4.69, 9.17) is 9.47 Å². The van der Waals surface area contributed by atoms with Gasteiger partial charge in [-0.2, -0.15) is 5.10 Å². The summed E-state index contributed by atoms with van der Waals surface area (Å²) in [6.07, 6.45) is 1.26. The molecule has 9 heteroatoms. The molecule has 2 aromatic rings. The monoisotopic (exact) mass is 370 g/mol. The molecule has 27 heavy (non-hydrogen) atoms. The fraction of sp³-hybridized carbons (Fsp3) is 0.111. The minimum Gasteiger partial charge on any atom is -0.545 e. The lowest BCUT2D eigenvalue weighted by Gasteiger charge is -2.11. The van der Waals surface area contributed by atoms with Crippen molar-refractivity contribution >= 4 is 29.7 Å². The highest BCUT2D eigenvalue weighted by molar-refractivity contribution is 6.39. The molecule has 2 rings (SSSR count). The summed E-state index contributed by atoms with van der Waals surface area (Å²) in [6.45, 7) is 0. The first-order valence-electron chi connectivity index (χ1n) is 7.62. The van der Waals surface area contributed by atoms with Crippen LogP contribution in [0.5, 0.6) is 11.5 Å². The van der Waals surface area contributed by atoms with Gasteiger partial charge in [-0.15, -0.1) is 0 Å². The van der Waals surface area contributed by atoms with Crippen LogP contribution in [0.15, 0.2) is 47.6 Å². The average Bonchev–Trinajstić information content (AvgIpc) is 2.68. The van der Waals surface area contributed by atoms with E-state index in [0.29, 0.717) is 17.1 Å². The zero-order valence-electron chi connectivity index (χ0n) is 14.5. The number of hydrogen-bond acceptors (Lipinski definition) is 7. The van der Waals surface area contributed by atoms with Crippen LogP contribution in [0.3, 0.4) is 0 Å². The minimum absolute atomic E-state index is 0.0165. The molecule has 0 heterocycles. The van der Waals surface area contributed by atoms with Crippen LogP contribution in [0.1, 0.15) is 15.9 Å². The van der Waals surface area contributed by atoms with Crippen molar-refractivity contribution in [1.82, 2.24) is 5.43 Å². The van der Waals surface area contributed by atoms with Crippen molar-refractivity contribution < 1.29 is 29.0 Å². The molecule has 0 aliphatic carbocycles. The van der Waals surface area contributed by atoms with Gasteiger partial charge in [-0.25, -0.2) is 5.43 Å². The highest BCUT2D eigenvalue weighted by Crippen LogP contribution is 2.28. The number of anilines is 1. The molecular weight excluding hydrogens is 354 g/mol. The van der Waals surface area contributed by atoms with Crippen molar-refractivity contribution in [3.8, 4) is 11.5 Å². The number of carboxylic acids is 1. The normalized spacial score (nSPS) is 10.3. The number of nitrogens with one attached hydrogen (secondary N) is 2. The molecule has 140 valence electrons. The largest absolute Gasteiger partial charge is 0.545 e. The van der Waals surface area contributed by atoms with Gasteiger partial charge in [0, 0.05) is 6.07 Å². The first-order valence-corrected chi connectivity index (χ1v) is 7.62. The maximum Gasteiger partial charge on any atom is 0.329 e. The van der Waals surface area contributed by atoms with E-state index in [9.17, 15) is 19.5 Å². The van der Waals surface area contributed by atoms with Crippen molar-refractivity contribution in [3.05, 3.63) is 53.6 Å². The van der Waals surface area contributed by atoms with Gasteiger partial charge >= 0.3 is 11.8 Å². The maximum atomic E-state index is 12.0. The van der Waals surface area contributed by atoms with Crippen LogP contribution >= 0.6 is 0 Å². The zero-order valence-corrected chi connectivity index (χ0v) is 14.5. The first kappa shape index (κ1) is 19.4. The van der Waals surface area contributed by atoms with Crippen molar-refractivity contribution in [2.45, 2.75) is 0 Å². The summed E-state index contributed by atoms with van der Waals surface area (Å²) >= 11 is 0. The number of amides is 2. The summed E-state index contributed by atoms with van der Waals surface area (Å²) in [6, 6.07) is 10.3. The molecule has 0 radical (unpaired) electrons. The van der Waals surface area contributed by atoms with Gasteiger partial charge in [-0.1, -0.05) is 24.3 Å². The van der Waals surface area contributed by atoms with Gasteiger partial charge < -0.3 is 24.7 Å².